The summed E-state index contributed by atoms with van der Waals surface area (Å²) >= 11 is 0. The number of nitrogens with zero attached hydrogens (tertiary/aromatic N) is 1. The third-order valence-electron chi connectivity index (χ3n) is 3.11. The van der Waals surface area contributed by atoms with Gasteiger partial charge in [-0.05, 0) is 19.4 Å². The largest absolute Gasteiger partial charge is 0.465 e. The molecule has 96 valence electrons. The molecule has 0 saturated carbocycles. The number of rotatable bonds is 3. The monoisotopic (exact) mass is 246 g/mol. The lowest BCUT2D eigenvalue weighted by Gasteiger charge is -2.09. The maximum Gasteiger partial charge on any atom is 0.327 e. The molecule has 0 radical (unpaired) electrons. The van der Waals surface area contributed by atoms with Crippen molar-refractivity contribution in [2.24, 2.45) is 12.8 Å². The van der Waals surface area contributed by atoms with E-state index in [1.54, 1.807) is 6.92 Å². The normalized spacial score (nSPS) is 12.7. The summed E-state index contributed by atoms with van der Waals surface area (Å²) in [5.41, 5.74) is 9.05. The predicted octanol–water partition coefficient (Wildman–Crippen LogP) is 2.05. The minimum absolute atomic E-state index is 0.344. The molecular formula is C14H18N2O2. The fourth-order valence-corrected chi connectivity index (χ4v) is 2.31. The van der Waals surface area contributed by atoms with Crippen molar-refractivity contribution in [1.82, 2.24) is 4.57 Å². The standard InChI is InChI=1S/C14H18N2O2/c1-4-18-14(17)12(15)11-8-16(3)13-9(2)6-5-7-10(11)13/h5-8,12H,4,15H2,1-3H3. The van der Waals surface area contributed by atoms with Gasteiger partial charge >= 0.3 is 5.97 Å². The lowest BCUT2D eigenvalue weighted by molar-refractivity contribution is -0.144. The number of carbonyl (C=O) groups excluding carboxylic acids is 1. The van der Waals surface area contributed by atoms with Gasteiger partial charge < -0.3 is 15.0 Å². The molecule has 2 rings (SSSR count). The van der Waals surface area contributed by atoms with Crippen LogP contribution >= 0.6 is 0 Å². The number of aromatic nitrogens is 1. The smallest absolute Gasteiger partial charge is 0.327 e. The molecule has 1 unspecified atom stereocenters. The van der Waals surface area contributed by atoms with E-state index in [-0.39, 0.29) is 5.97 Å². The Balaban J connectivity index is 2.52. The van der Waals surface area contributed by atoms with Crippen molar-refractivity contribution in [3.8, 4) is 0 Å². The molecule has 0 saturated heterocycles. The van der Waals surface area contributed by atoms with E-state index in [0.29, 0.717) is 6.61 Å². The average molecular weight is 246 g/mol. The molecule has 2 aromatic rings. The summed E-state index contributed by atoms with van der Waals surface area (Å²) in [5, 5.41) is 1.01. The van der Waals surface area contributed by atoms with Crippen LogP contribution in [0.5, 0.6) is 0 Å². The van der Waals surface area contributed by atoms with Crippen LogP contribution in [0.4, 0.5) is 0 Å². The summed E-state index contributed by atoms with van der Waals surface area (Å²) in [6.07, 6.45) is 1.90. The van der Waals surface area contributed by atoms with E-state index in [1.165, 1.54) is 0 Å². The Morgan fingerprint density at radius 2 is 2.22 bits per heavy atom. The van der Waals surface area contributed by atoms with Crippen molar-refractivity contribution in [2.75, 3.05) is 6.61 Å². The molecule has 0 aliphatic heterocycles. The number of hydrogen-bond acceptors (Lipinski definition) is 3. The Labute approximate surface area is 106 Å². The lowest BCUT2D eigenvalue weighted by atomic mass is 10.0. The Morgan fingerprint density at radius 3 is 2.89 bits per heavy atom. The van der Waals surface area contributed by atoms with Gasteiger partial charge in [0.05, 0.1) is 12.1 Å². The molecule has 4 nitrogen and oxygen atoms in total. The summed E-state index contributed by atoms with van der Waals surface area (Å²) in [4.78, 5) is 11.7. The SMILES string of the molecule is CCOC(=O)C(N)c1cn(C)c2c(C)cccc12. The fraction of sp³-hybridized carbons (Fsp3) is 0.357. The highest BCUT2D eigenvalue weighted by atomic mass is 16.5. The minimum atomic E-state index is -0.726. The Kier molecular flexibility index (Phi) is 3.39. The minimum Gasteiger partial charge on any atom is -0.465 e. The molecule has 2 N–H and O–H groups in total. The number of carbonyl (C=O) groups is 1. The third-order valence-corrected chi connectivity index (χ3v) is 3.11. The van der Waals surface area contributed by atoms with E-state index in [9.17, 15) is 4.79 Å². The van der Waals surface area contributed by atoms with Crippen molar-refractivity contribution in [3.63, 3.8) is 0 Å². The number of fused-ring (bicyclic) bond motifs is 1. The molecule has 1 aromatic heterocycles. The molecule has 0 amide bonds. The topological polar surface area (TPSA) is 57.2 Å². The van der Waals surface area contributed by atoms with Crippen molar-refractivity contribution < 1.29 is 9.53 Å². The second-order valence-corrected chi connectivity index (χ2v) is 4.40. The summed E-state index contributed by atoms with van der Waals surface area (Å²) in [7, 11) is 1.96. The first-order valence-corrected chi connectivity index (χ1v) is 6.03. The van der Waals surface area contributed by atoms with Gasteiger partial charge in [0.1, 0.15) is 6.04 Å². The van der Waals surface area contributed by atoms with Gasteiger partial charge in [0.15, 0.2) is 0 Å². The van der Waals surface area contributed by atoms with E-state index in [0.717, 1.165) is 22.0 Å². The van der Waals surface area contributed by atoms with Crippen LogP contribution < -0.4 is 5.73 Å². The highest BCUT2D eigenvalue weighted by Gasteiger charge is 2.21. The molecule has 18 heavy (non-hydrogen) atoms. The number of nitrogens with two attached hydrogens (primary N) is 1. The van der Waals surface area contributed by atoms with E-state index < -0.39 is 6.04 Å². The molecule has 0 aliphatic carbocycles. The number of hydrogen-bond donors (Lipinski definition) is 1. The Morgan fingerprint density at radius 1 is 1.50 bits per heavy atom. The molecule has 4 heteroatoms. The number of benzene rings is 1. The number of esters is 1. The molecule has 0 fully saturated rings. The molecule has 0 spiro atoms. The van der Waals surface area contributed by atoms with Crippen molar-refractivity contribution in [2.45, 2.75) is 19.9 Å². The molecule has 0 bridgehead atoms. The zero-order chi connectivity index (χ0) is 13.3. The maximum atomic E-state index is 11.7. The van der Waals surface area contributed by atoms with Crippen LogP contribution in [0.15, 0.2) is 24.4 Å². The van der Waals surface area contributed by atoms with Crippen molar-refractivity contribution in [1.29, 1.82) is 0 Å². The number of aryl methyl sites for hydroxylation is 2. The van der Waals surface area contributed by atoms with Crippen LogP contribution in [0, 0.1) is 6.92 Å². The maximum absolute atomic E-state index is 11.7. The molecule has 1 aromatic carbocycles. The van der Waals surface area contributed by atoms with E-state index in [1.807, 2.05) is 42.9 Å². The van der Waals surface area contributed by atoms with Gasteiger partial charge in [-0.15, -0.1) is 0 Å². The van der Waals surface area contributed by atoms with Gasteiger partial charge in [0, 0.05) is 24.2 Å². The second kappa shape index (κ2) is 4.82. The molecule has 1 heterocycles. The van der Waals surface area contributed by atoms with Crippen LogP contribution in [-0.2, 0) is 16.6 Å². The lowest BCUT2D eigenvalue weighted by Crippen LogP contribution is -2.23. The van der Waals surface area contributed by atoms with Crippen LogP contribution in [0.3, 0.4) is 0 Å². The molecule has 1 atom stereocenters. The zero-order valence-corrected chi connectivity index (χ0v) is 10.9. The second-order valence-electron chi connectivity index (χ2n) is 4.40. The van der Waals surface area contributed by atoms with Crippen LogP contribution in [0.2, 0.25) is 0 Å². The van der Waals surface area contributed by atoms with Gasteiger partial charge in [-0.25, -0.2) is 4.79 Å². The Hall–Kier alpha value is -1.81. The van der Waals surface area contributed by atoms with E-state index in [2.05, 4.69) is 0 Å². The highest BCUT2D eigenvalue weighted by molar-refractivity contribution is 5.91. The fourth-order valence-electron chi connectivity index (χ4n) is 2.31. The van der Waals surface area contributed by atoms with Crippen LogP contribution in [0.25, 0.3) is 10.9 Å². The Bertz CT molecular complexity index is 587. The number of para-hydroxylation sites is 1. The molecular weight excluding hydrogens is 228 g/mol. The van der Waals surface area contributed by atoms with Gasteiger partial charge in [-0.3, -0.25) is 0 Å². The first kappa shape index (κ1) is 12.6. The van der Waals surface area contributed by atoms with Gasteiger partial charge in [0.2, 0.25) is 0 Å². The number of ether oxygens (including phenoxy) is 1. The van der Waals surface area contributed by atoms with E-state index in [4.69, 9.17) is 10.5 Å². The third kappa shape index (κ3) is 1.99. The van der Waals surface area contributed by atoms with E-state index >= 15 is 0 Å². The van der Waals surface area contributed by atoms with Gasteiger partial charge in [-0.2, -0.15) is 0 Å². The predicted molar refractivity (Wildman–Crippen MR) is 71.2 cm³/mol. The summed E-state index contributed by atoms with van der Waals surface area (Å²) in [6, 6.07) is 5.27. The van der Waals surface area contributed by atoms with Crippen molar-refractivity contribution in [3.05, 3.63) is 35.5 Å². The summed E-state index contributed by atoms with van der Waals surface area (Å²) < 4.78 is 6.97. The quantitative estimate of drug-likeness (QED) is 0.843. The highest BCUT2D eigenvalue weighted by Crippen LogP contribution is 2.27. The summed E-state index contributed by atoms with van der Waals surface area (Å²) in [5.74, 6) is -0.383. The van der Waals surface area contributed by atoms with Crippen LogP contribution in [0.1, 0.15) is 24.1 Å². The van der Waals surface area contributed by atoms with Gasteiger partial charge in [0.25, 0.3) is 0 Å². The first-order chi connectivity index (χ1) is 8.56. The first-order valence-electron chi connectivity index (χ1n) is 6.03. The van der Waals surface area contributed by atoms with Crippen molar-refractivity contribution >= 4 is 16.9 Å². The van der Waals surface area contributed by atoms with Crippen LogP contribution in [-0.4, -0.2) is 17.1 Å². The average Bonchev–Trinajstić information content (AvgIpc) is 2.67. The summed E-state index contributed by atoms with van der Waals surface area (Å²) in [6.45, 7) is 4.16. The zero-order valence-electron chi connectivity index (χ0n) is 10.9. The molecule has 0 aliphatic rings. The van der Waals surface area contributed by atoms with Gasteiger partial charge in [-0.1, -0.05) is 18.2 Å².